The summed E-state index contributed by atoms with van der Waals surface area (Å²) in [6.45, 7) is 4.87. The van der Waals surface area contributed by atoms with Gasteiger partial charge >= 0.3 is 0 Å². The van der Waals surface area contributed by atoms with Gasteiger partial charge in [-0.2, -0.15) is 0 Å². The van der Waals surface area contributed by atoms with Gasteiger partial charge in [-0.05, 0) is 18.3 Å². The molecule has 1 fully saturated rings. The molecule has 6 nitrogen and oxygen atoms in total. The van der Waals surface area contributed by atoms with Crippen molar-refractivity contribution in [1.29, 1.82) is 0 Å². The molecule has 2 aromatic heterocycles. The highest BCUT2D eigenvalue weighted by Gasteiger charge is 2.27. The van der Waals surface area contributed by atoms with Crippen molar-refractivity contribution in [2.24, 2.45) is 5.41 Å². The molecule has 18 heavy (non-hydrogen) atoms. The molecule has 0 amide bonds. The smallest absolute Gasteiger partial charge is 0.182 e. The Morgan fingerprint density at radius 3 is 3.00 bits per heavy atom. The number of imidazole rings is 1. The third-order valence-electron chi connectivity index (χ3n) is 3.61. The minimum absolute atomic E-state index is 0.273. The van der Waals surface area contributed by atoms with Gasteiger partial charge in [0.15, 0.2) is 11.5 Å². The first-order valence-corrected chi connectivity index (χ1v) is 6.23. The number of aromatic amines is 1. The molecule has 0 radical (unpaired) electrons. The summed E-state index contributed by atoms with van der Waals surface area (Å²) in [5.41, 5.74) is 1.84. The first-order chi connectivity index (χ1) is 8.77. The minimum atomic E-state index is 0.273. The quantitative estimate of drug-likeness (QED) is 0.861. The van der Waals surface area contributed by atoms with E-state index in [0.717, 1.165) is 43.9 Å². The van der Waals surface area contributed by atoms with E-state index < -0.39 is 0 Å². The van der Waals surface area contributed by atoms with Gasteiger partial charge < -0.3 is 15.0 Å². The van der Waals surface area contributed by atoms with Crippen LogP contribution in [0.4, 0.5) is 5.82 Å². The van der Waals surface area contributed by atoms with Crippen LogP contribution in [0, 0.1) is 5.41 Å². The summed E-state index contributed by atoms with van der Waals surface area (Å²) in [4.78, 5) is 15.6. The van der Waals surface area contributed by atoms with Gasteiger partial charge in [0.2, 0.25) is 0 Å². The van der Waals surface area contributed by atoms with Crippen molar-refractivity contribution in [3.05, 3.63) is 12.7 Å². The molecule has 2 aromatic rings. The third kappa shape index (κ3) is 2.15. The lowest BCUT2D eigenvalue weighted by Gasteiger charge is -2.33. The predicted octanol–water partition coefficient (Wildman–Crippen LogP) is 1.58. The van der Waals surface area contributed by atoms with E-state index in [4.69, 9.17) is 4.74 Å². The molecule has 1 aliphatic rings. The zero-order valence-corrected chi connectivity index (χ0v) is 10.4. The molecule has 1 saturated heterocycles. The van der Waals surface area contributed by atoms with E-state index in [1.165, 1.54) is 6.33 Å². The zero-order chi connectivity index (χ0) is 12.4. The van der Waals surface area contributed by atoms with Gasteiger partial charge in [-0.25, -0.2) is 15.0 Å². The molecule has 0 aliphatic carbocycles. The lowest BCUT2D eigenvalue weighted by molar-refractivity contribution is 0.0300. The van der Waals surface area contributed by atoms with E-state index in [9.17, 15) is 0 Å². The van der Waals surface area contributed by atoms with Crippen LogP contribution in [0.3, 0.4) is 0 Å². The molecule has 0 saturated carbocycles. The molecule has 3 rings (SSSR count). The van der Waals surface area contributed by atoms with Gasteiger partial charge in [0, 0.05) is 19.8 Å². The zero-order valence-electron chi connectivity index (χ0n) is 10.4. The first-order valence-electron chi connectivity index (χ1n) is 6.23. The number of anilines is 1. The monoisotopic (exact) mass is 247 g/mol. The molecular weight excluding hydrogens is 230 g/mol. The van der Waals surface area contributed by atoms with E-state index in [-0.39, 0.29) is 5.41 Å². The summed E-state index contributed by atoms with van der Waals surface area (Å²) in [5, 5.41) is 3.41. The molecule has 3 heterocycles. The van der Waals surface area contributed by atoms with E-state index in [1.54, 1.807) is 6.33 Å². The second kappa shape index (κ2) is 4.53. The van der Waals surface area contributed by atoms with E-state index in [2.05, 4.69) is 32.2 Å². The number of hydrogen-bond acceptors (Lipinski definition) is 5. The Morgan fingerprint density at radius 2 is 2.17 bits per heavy atom. The Hall–Kier alpha value is -1.69. The minimum Gasteiger partial charge on any atom is -0.381 e. The van der Waals surface area contributed by atoms with Crippen LogP contribution in [0.2, 0.25) is 0 Å². The number of nitrogens with one attached hydrogen (secondary N) is 2. The van der Waals surface area contributed by atoms with Gasteiger partial charge in [-0.15, -0.1) is 0 Å². The SMILES string of the molecule is CC1(CNc2ncnc3nc[nH]c23)CCOCC1. The van der Waals surface area contributed by atoms with Crippen LogP contribution < -0.4 is 5.32 Å². The fourth-order valence-electron chi connectivity index (χ4n) is 2.24. The Labute approximate surface area is 105 Å². The van der Waals surface area contributed by atoms with Gasteiger partial charge in [-0.1, -0.05) is 6.92 Å². The van der Waals surface area contributed by atoms with Crippen molar-refractivity contribution in [2.45, 2.75) is 19.8 Å². The Balaban J connectivity index is 1.74. The van der Waals surface area contributed by atoms with Crippen LogP contribution in [0.15, 0.2) is 12.7 Å². The maximum absolute atomic E-state index is 5.41. The van der Waals surface area contributed by atoms with Crippen LogP contribution in [0.1, 0.15) is 19.8 Å². The van der Waals surface area contributed by atoms with Crippen LogP contribution in [-0.2, 0) is 4.74 Å². The van der Waals surface area contributed by atoms with Crippen molar-refractivity contribution >= 4 is 17.0 Å². The van der Waals surface area contributed by atoms with Gasteiger partial charge in [-0.3, -0.25) is 0 Å². The number of rotatable bonds is 3. The Morgan fingerprint density at radius 1 is 1.33 bits per heavy atom. The van der Waals surface area contributed by atoms with Gasteiger partial charge in [0.25, 0.3) is 0 Å². The average molecular weight is 247 g/mol. The highest BCUT2D eigenvalue weighted by atomic mass is 16.5. The standard InChI is InChI=1S/C12H17N5O/c1-12(2-4-18-5-3-12)6-13-10-9-11(15-7-14-9)17-8-16-10/h7-8H,2-6H2,1H3,(H2,13,14,15,16,17). The summed E-state index contributed by atoms with van der Waals surface area (Å²) in [7, 11) is 0. The van der Waals surface area contributed by atoms with Crippen molar-refractivity contribution in [3.63, 3.8) is 0 Å². The van der Waals surface area contributed by atoms with Crippen LogP contribution in [-0.4, -0.2) is 39.7 Å². The summed E-state index contributed by atoms with van der Waals surface area (Å²) in [6, 6.07) is 0. The number of H-pyrrole nitrogens is 1. The number of nitrogens with zero attached hydrogens (tertiary/aromatic N) is 3. The number of ether oxygens (including phenoxy) is 1. The van der Waals surface area contributed by atoms with E-state index in [0.29, 0.717) is 5.65 Å². The molecule has 96 valence electrons. The molecule has 0 aromatic carbocycles. The Kier molecular flexibility index (Phi) is 2.87. The fourth-order valence-corrected chi connectivity index (χ4v) is 2.24. The van der Waals surface area contributed by atoms with Crippen LogP contribution >= 0.6 is 0 Å². The molecular formula is C12H17N5O. The van der Waals surface area contributed by atoms with Crippen molar-refractivity contribution in [2.75, 3.05) is 25.1 Å². The number of aromatic nitrogens is 4. The summed E-state index contributed by atoms with van der Waals surface area (Å²) < 4.78 is 5.41. The number of fused-ring (bicyclic) bond motifs is 1. The summed E-state index contributed by atoms with van der Waals surface area (Å²) in [6.07, 6.45) is 5.34. The summed E-state index contributed by atoms with van der Waals surface area (Å²) >= 11 is 0. The molecule has 0 unspecified atom stereocenters. The normalized spacial score (nSPS) is 18.9. The highest BCUT2D eigenvalue weighted by molar-refractivity contribution is 5.81. The topological polar surface area (TPSA) is 75.7 Å². The summed E-state index contributed by atoms with van der Waals surface area (Å²) in [5.74, 6) is 0.824. The fraction of sp³-hybridized carbons (Fsp3) is 0.583. The molecule has 0 bridgehead atoms. The van der Waals surface area contributed by atoms with Crippen molar-refractivity contribution in [3.8, 4) is 0 Å². The lowest BCUT2D eigenvalue weighted by Crippen LogP contribution is -2.33. The maximum atomic E-state index is 5.41. The average Bonchev–Trinajstić information content (AvgIpc) is 2.86. The van der Waals surface area contributed by atoms with Crippen molar-refractivity contribution in [1.82, 2.24) is 19.9 Å². The lowest BCUT2D eigenvalue weighted by atomic mass is 9.82. The van der Waals surface area contributed by atoms with Crippen molar-refractivity contribution < 1.29 is 4.74 Å². The van der Waals surface area contributed by atoms with E-state index >= 15 is 0 Å². The highest BCUT2D eigenvalue weighted by Crippen LogP contribution is 2.30. The van der Waals surface area contributed by atoms with Crippen LogP contribution in [0.5, 0.6) is 0 Å². The molecule has 2 N–H and O–H groups in total. The van der Waals surface area contributed by atoms with E-state index in [1.807, 2.05) is 0 Å². The number of hydrogen-bond donors (Lipinski definition) is 2. The predicted molar refractivity (Wildman–Crippen MR) is 68.3 cm³/mol. The van der Waals surface area contributed by atoms with Crippen LogP contribution in [0.25, 0.3) is 11.2 Å². The second-order valence-electron chi connectivity index (χ2n) is 5.10. The molecule has 6 heteroatoms. The van der Waals surface area contributed by atoms with Gasteiger partial charge in [0.1, 0.15) is 11.8 Å². The largest absolute Gasteiger partial charge is 0.381 e. The Bertz CT molecular complexity index is 532. The maximum Gasteiger partial charge on any atom is 0.182 e. The third-order valence-corrected chi connectivity index (χ3v) is 3.61. The first kappa shape index (κ1) is 11.4. The van der Waals surface area contributed by atoms with Gasteiger partial charge in [0.05, 0.1) is 6.33 Å². The molecule has 0 atom stereocenters. The second-order valence-corrected chi connectivity index (χ2v) is 5.10. The molecule has 1 aliphatic heterocycles. The molecule has 0 spiro atoms.